The van der Waals surface area contributed by atoms with E-state index in [1.165, 1.54) is 12.3 Å². The van der Waals surface area contributed by atoms with Crippen molar-refractivity contribution in [2.45, 2.75) is 77.7 Å². The number of hydrogen-bond acceptors (Lipinski definition) is 6. The molecule has 266 valence electrons. The highest BCUT2D eigenvalue weighted by molar-refractivity contribution is 5.95. The van der Waals surface area contributed by atoms with Crippen molar-refractivity contribution in [1.29, 1.82) is 0 Å². The zero-order chi connectivity index (χ0) is 35.8. The largest absolute Gasteiger partial charge is 0.444 e. The molecule has 1 spiro atoms. The van der Waals surface area contributed by atoms with Gasteiger partial charge in [0.15, 0.2) is 0 Å². The molecule has 2 aromatic carbocycles. The Hall–Kier alpha value is -4.61. The number of rotatable bonds is 8. The molecule has 2 saturated heterocycles. The molecule has 0 unspecified atom stereocenters. The quantitative estimate of drug-likeness (QED) is 0.261. The Balaban J connectivity index is 1.07. The Kier molecular flexibility index (Phi) is 9.58. The van der Waals surface area contributed by atoms with Gasteiger partial charge in [0, 0.05) is 50.3 Å². The number of nitrogens with one attached hydrogen (secondary N) is 2. The molecule has 9 nitrogen and oxygen atoms in total. The van der Waals surface area contributed by atoms with E-state index in [0.717, 1.165) is 75.2 Å². The Labute approximate surface area is 290 Å². The number of alkyl carbamates (subject to hydrolysis) is 1. The van der Waals surface area contributed by atoms with Crippen molar-refractivity contribution in [2.24, 2.45) is 11.3 Å². The second-order valence-electron chi connectivity index (χ2n) is 14.9. The molecule has 3 aromatic rings. The van der Waals surface area contributed by atoms with E-state index in [4.69, 9.17) is 4.74 Å². The number of piperidine rings is 1. The smallest absolute Gasteiger partial charge is 0.416 e. The molecule has 2 aliphatic heterocycles. The third-order valence-corrected chi connectivity index (χ3v) is 9.79. The first-order chi connectivity index (χ1) is 23.6. The lowest BCUT2D eigenvalue weighted by molar-refractivity contribution is -0.137. The van der Waals surface area contributed by atoms with Gasteiger partial charge < -0.3 is 25.2 Å². The highest BCUT2D eigenvalue weighted by atomic mass is 19.4. The molecule has 2 N–H and O–H groups in total. The summed E-state index contributed by atoms with van der Waals surface area (Å²) >= 11 is 0. The molecular weight excluding hydrogens is 647 g/mol. The average Bonchev–Trinajstić information content (AvgIpc) is 3.91. The van der Waals surface area contributed by atoms with Crippen molar-refractivity contribution in [1.82, 2.24) is 20.5 Å². The van der Waals surface area contributed by atoms with Crippen LogP contribution in [0.15, 0.2) is 60.9 Å². The van der Waals surface area contributed by atoms with Gasteiger partial charge in [0.1, 0.15) is 5.60 Å². The predicted octanol–water partition coefficient (Wildman–Crippen LogP) is 7.12. The molecule has 3 amide bonds. The predicted molar refractivity (Wildman–Crippen MR) is 183 cm³/mol. The number of hydrogen-bond donors (Lipinski definition) is 2. The fourth-order valence-electron chi connectivity index (χ4n) is 6.75. The number of carbonyl (C=O) groups is 3. The Morgan fingerprint density at radius 2 is 1.66 bits per heavy atom. The highest BCUT2D eigenvalue weighted by Gasteiger charge is 2.47. The summed E-state index contributed by atoms with van der Waals surface area (Å²) < 4.78 is 46.2. The summed E-state index contributed by atoms with van der Waals surface area (Å²) in [7, 11) is 0. The van der Waals surface area contributed by atoms with Gasteiger partial charge in [-0.05, 0) is 93.8 Å². The average molecular weight is 692 g/mol. The number of amides is 3. The van der Waals surface area contributed by atoms with Crippen LogP contribution in [0.4, 0.5) is 23.7 Å². The Bertz CT molecular complexity index is 1730. The molecule has 3 heterocycles. The molecule has 1 aliphatic carbocycles. The van der Waals surface area contributed by atoms with E-state index in [1.807, 2.05) is 17.9 Å². The van der Waals surface area contributed by atoms with E-state index in [2.05, 4.69) is 20.5 Å². The summed E-state index contributed by atoms with van der Waals surface area (Å²) in [6.45, 7) is 10.4. The van der Waals surface area contributed by atoms with E-state index in [-0.39, 0.29) is 23.8 Å². The summed E-state index contributed by atoms with van der Waals surface area (Å²) in [6.07, 6.45) is 2.12. The van der Waals surface area contributed by atoms with E-state index in [1.54, 1.807) is 51.2 Å². The van der Waals surface area contributed by atoms with Gasteiger partial charge in [0.2, 0.25) is 5.91 Å². The number of halogens is 3. The van der Waals surface area contributed by atoms with Gasteiger partial charge in [0.05, 0.1) is 29.1 Å². The monoisotopic (exact) mass is 691 g/mol. The SMILES string of the molecule is C[C@@H](NC(=O)c1cncc(N2CC3(CCN(C(=O)C4CC4)CC3)C2)c1)c1ccc(-c2cc(C(F)(F)F)ccc2CNC(=O)OC(C)(C)C)cc1. The van der Waals surface area contributed by atoms with E-state index >= 15 is 0 Å². The van der Waals surface area contributed by atoms with Gasteiger partial charge in [-0.2, -0.15) is 13.2 Å². The number of nitrogens with zero attached hydrogens (tertiary/aromatic N) is 3. The van der Waals surface area contributed by atoms with Crippen LogP contribution in [-0.4, -0.2) is 59.6 Å². The molecule has 3 fully saturated rings. The molecule has 6 rings (SSSR count). The number of anilines is 1. The summed E-state index contributed by atoms with van der Waals surface area (Å²) in [5, 5.41) is 5.63. The maximum Gasteiger partial charge on any atom is 0.416 e. The van der Waals surface area contributed by atoms with Gasteiger partial charge in [0.25, 0.3) is 5.91 Å². The van der Waals surface area contributed by atoms with Gasteiger partial charge >= 0.3 is 12.3 Å². The number of pyridine rings is 1. The number of alkyl halides is 3. The normalized spacial score (nSPS) is 17.9. The zero-order valence-electron chi connectivity index (χ0n) is 28.9. The van der Waals surface area contributed by atoms with Crippen molar-refractivity contribution in [2.75, 3.05) is 31.1 Å². The van der Waals surface area contributed by atoms with E-state index in [0.29, 0.717) is 28.2 Å². The Morgan fingerprint density at radius 1 is 0.980 bits per heavy atom. The summed E-state index contributed by atoms with van der Waals surface area (Å²) in [6, 6.07) is 11.8. The lowest BCUT2D eigenvalue weighted by Gasteiger charge is -2.55. The molecule has 1 atom stereocenters. The lowest BCUT2D eigenvalue weighted by Crippen LogP contribution is -2.61. The fraction of sp³-hybridized carbons (Fsp3) is 0.474. The number of aromatic nitrogens is 1. The van der Waals surface area contributed by atoms with Gasteiger partial charge in [-0.15, -0.1) is 0 Å². The van der Waals surface area contributed by atoms with Crippen molar-refractivity contribution in [3.63, 3.8) is 0 Å². The van der Waals surface area contributed by atoms with Crippen molar-refractivity contribution >= 4 is 23.6 Å². The van der Waals surface area contributed by atoms with Crippen LogP contribution in [0, 0.1) is 11.3 Å². The first kappa shape index (κ1) is 35.2. The van der Waals surface area contributed by atoms with Crippen LogP contribution >= 0.6 is 0 Å². The molecule has 50 heavy (non-hydrogen) atoms. The van der Waals surface area contributed by atoms with Crippen LogP contribution in [0.5, 0.6) is 0 Å². The molecule has 1 saturated carbocycles. The fourth-order valence-corrected chi connectivity index (χ4v) is 6.75. The molecule has 1 aromatic heterocycles. The van der Waals surface area contributed by atoms with E-state index < -0.39 is 29.5 Å². The zero-order valence-corrected chi connectivity index (χ0v) is 28.9. The summed E-state index contributed by atoms with van der Waals surface area (Å²) in [5.74, 6) is 0.285. The van der Waals surface area contributed by atoms with Crippen molar-refractivity contribution in [3.05, 3.63) is 83.2 Å². The van der Waals surface area contributed by atoms with Crippen LogP contribution in [0.1, 0.15) is 86.5 Å². The number of carbonyl (C=O) groups excluding carboxylic acids is 3. The van der Waals surface area contributed by atoms with Crippen LogP contribution in [0.25, 0.3) is 11.1 Å². The topological polar surface area (TPSA) is 104 Å². The number of ether oxygens (including phenoxy) is 1. The van der Waals surface area contributed by atoms with Gasteiger partial charge in [-0.3, -0.25) is 14.6 Å². The first-order valence-corrected chi connectivity index (χ1v) is 17.2. The second-order valence-corrected chi connectivity index (χ2v) is 14.9. The maximum atomic E-state index is 13.6. The van der Waals surface area contributed by atoms with Crippen molar-refractivity contribution in [3.8, 4) is 11.1 Å². The third kappa shape index (κ3) is 8.22. The molecular formula is C38H44F3N5O4. The molecule has 3 aliphatic rings. The molecule has 12 heteroatoms. The van der Waals surface area contributed by atoms with Crippen LogP contribution in [-0.2, 0) is 22.3 Å². The number of benzene rings is 2. The van der Waals surface area contributed by atoms with Crippen LogP contribution < -0.4 is 15.5 Å². The Morgan fingerprint density at radius 3 is 2.28 bits per heavy atom. The maximum absolute atomic E-state index is 13.6. The van der Waals surface area contributed by atoms with Crippen LogP contribution in [0.3, 0.4) is 0 Å². The minimum Gasteiger partial charge on any atom is -0.444 e. The molecule has 0 bridgehead atoms. The second kappa shape index (κ2) is 13.6. The van der Waals surface area contributed by atoms with Crippen molar-refractivity contribution < 1.29 is 32.3 Å². The number of likely N-dealkylation sites (tertiary alicyclic amines) is 1. The lowest BCUT2D eigenvalue weighted by atomic mass is 9.71. The van der Waals surface area contributed by atoms with Gasteiger partial charge in [-0.1, -0.05) is 30.3 Å². The van der Waals surface area contributed by atoms with Gasteiger partial charge in [-0.25, -0.2) is 4.79 Å². The summed E-state index contributed by atoms with van der Waals surface area (Å²) in [4.78, 5) is 46.6. The minimum absolute atomic E-state index is 0.0257. The molecule has 0 radical (unpaired) electrons. The standard InChI is InChI=1S/C38H44F3N5O4/c1-24(25-5-7-26(8-6-25)32-18-30(38(39,40)41)12-11-28(32)20-43-35(49)50-36(2,3)4)44-33(47)29-17-31(21-42-19-29)46-22-37(23-46)13-15-45(16-14-37)34(48)27-9-10-27/h5-8,11-12,17-19,21,24,27H,9-10,13-16,20,22-23H2,1-4H3,(H,43,49)(H,44,47)/t24-/m1/s1. The van der Waals surface area contributed by atoms with Crippen LogP contribution in [0.2, 0.25) is 0 Å². The minimum atomic E-state index is -4.54. The summed E-state index contributed by atoms with van der Waals surface area (Å²) in [5.41, 5.74) is 2.11. The highest BCUT2D eigenvalue weighted by Crippen LogP contribution is 2.44. The first-order valence-electron chi connectivity index (χ1n) is 17.2. The van der Waals surface area contributed by atoms with E-state index in [9.17, 15) is 27.6 Å². The third-order valence-electron chi connectivity index (χ3n) is 9.79.